The standard InChI is InChI=1S/C11H13Cl2NO3/c1-2-9(17-11(14)16)10(15)7-4-3-6(12)5-8(7)13/h3-5,9-10,15H,2H2,1H3,(H2,14,16). The average molecular weight is 278 g/mol. The third-order valence-electron chi connectivity index (χ3n) is 2.30. The third-order valence-corrected chi connectivity index (χ3v) is 2.87. The number of hydrogen-bond acceptors (Lipinski definition) is 3. The first kappa shape index (κ1) is 14.1. The van der Waals surface area contributed by atoms with Crippen LogP contribution in [0, 0.1) is 0 Å². The van der Waals surface area contributed by atoms with Crippen LogP contribution in [0.1, 0.15) is 25.0 Å². The van der Waals surface area contributed by atoms with Gasteiger partial charge >= 0.3 is 6.09 Å². The summed E-state index contributed by atoms with van der Waals surface area (Å²) in [7, 11) is 0. The zero-order valence-corrected chi connectivity index (χ0v) is 10.7. The van der Waals surface area contributed by atoms with Gasteiger partial charge in [0.05, 0.1) is 0 Å². The molecule has 1 amide bonds. The number of rotatable bonds is 4. The second kappa shape index (κ2) is 6.10. The Hall–Kier alpha value is -0.970. The summed E-state index contributed by atoms with van der Waals surface area (Å²) in [5.74, 6) is 0. The van der Waals surface area contributed by atoms with E-state index in [2.05, 4.69) is 0 Å². The van der Waals surface area contributed by atoms with Gasteiger partial charge in [0, 0.05) is 15.6 Å². The van der Waals surface area contributed by atoms with Gasteiger partial charge in [0.2, 0.25) is 0 Å². The molecular formula is C11H13Cl2NO3. The maximum Gasteiger partial charge on any atom is 0.404 e. The number of aliphatic hydroxyl groups is 1. The van der Waals surface area contributed by atoms with E-state index < -0.39 is 18.3 Å². The van der Waals surface area contributed by atoms with Crippen molar-refractivity contribution in [3.05, 3.63) is 33.8 Å². The molecule has 0 spiro atoms. The maximum atomic E-state index is 10.7. The molecule has 0 aromatic heterocycles. The van der Waals surface area contributed by atoms with Gasteiger partial charge < -0.3 is 15.6 Å². The molecule has 0 radical (unpaired) electrons. The molecule has 1 aromatic rings. The van der Waals surface area contributed by atoms with Crippen molar-refractivity contribution in [3.8, 4) is 0 Å². The van der Waals surface area contributed by atoms with Crippen LogP contribution in [0.4, 0.5) is 4.79 Å². The first-order valence-electron chi connectivity index (χ1n) is 5.04. The molecule has 3 N–H and O–H groups in total. The van der Waals surface area contributed by atoms with Gasteiger partial charge in [-0.05, 0) is 18.6 Å². The number of nitrogens with two attached hydrogens (primary N) is 1. The first-order valence-corrected chi connectivity index (χ1v) is 5.80. The van der Waals surface area contributed by atoms with Crippen molar-refractivity contribution in [2.45, 2.75) is 25.6 Å². The normalized spacial score (nSPS) is 14.1. The van der Waals surface area contributed by atoms with Gasteiger partial charge in [0.1, 0.15) is 12.2 Å². The van der Waals surface area contributed by atoms with Crippen molar-refractivity contribution in [2.75, 3.05) is 0 Å². The Morgan fingerprint density at radius 1 is 1.53 bits per heavy atom. The average Bonchev–Trinajstić information content (AvgIpc) is 2.24. The third kappa shape index (κ3) is 3.77. The smallest absolute Gasteiger partial charge is 0.404 e. The van der Waals surface area contributed by atoms with E-state index in [0.29, 0.717) is 22.0 Å². The molecule has 4 nitrogen and oxygen atoms in total. The molecule has 0 saturated heterocycles. The molecular weight excluding hydrogens is 265 g/mol. The summed E-state index contributed by atoms with van der Waals surface area (Å²) >= 11 is 11.7. The van der Waals surface area contributed by atoms with E-state index in [9.17, 15) is 9.90 Å². The Labute approximate surface area is 109 Å². The minimum Gasteiger partial charge on any atom is -0.443 e. The van der Waals surface area contributed by atoms with Crippen LogP contribution in [0.25, 0.3) is 0 Å². The van der Waals surface area contributed by atoms with Crippen LogP contribution < -0.4 is 5.73 Å². The van der Waals surface area contributed by atoms with Gasteiger partial charge in [-0.1, -0.05) is 36.2 Å². The Kier molecular flexibility index (Phi) is 5.05. The van der Waals surface area contributed by atoms with Crippen LogP contribution in [0.3, 0.4) is 0 Å². The van der Waals surface area contributed by atoms with Crippen LogP contribution in [-0.2, 0) is 4.74 Å². The molecule has 6 heteroatoms. The highest BCUT2D eigenvalue weighted by Crippen LogP contribution is 2.30. The summed E-state index contributed by atoms with van der Waals surface area (Å²) in [6, 6.07) is 4.70. The molecule has 17 heavy (non-hydrogen) atoms. The molecule has 0 aliphatic carbocycles. The summed E-state index contributed by atoms with van der Waals surface area (Å²) < 4.78 is 4.80. The van der Waals surface area contributed by atoms with E-state index in [-0.39, 0.29) is 0 Å². The van der Waals surface area contributed by atoms with E-state index in [4.69, 9.17) is 33.7 Å². The maximum absolute atomic E-state index is 10.7. The highest BCUT2D eigenvalue weighted by Gasteiger charge is 2.24. The summed E-state index contributed by atoms with van der Waals surface area (Å²) in [5, 5.41) is 10.8. The number of benzene rings is 1. The van der Waals surface area contributed by atoms with E-state index in [1.165, 1.54) is 6.07 Å². The van der Waals surface area contributed by atoms with Crippen LogP contribution in [0.15, 0.2) is 18.2 Å². The van der Waals surface area contributed by atoms with Gasteiger partial charge in [-0.3, -0.25) is 0 Å². The predicted molar refractivity (Wildman–Crippen MR) is 66.2 cm³/mol. The van der Waals surface area contributed by atoms with Gasteiger partial charge in [-0.15, -0.1) is 0 Å². The van der Waals surface area contributed by atoms with Crippen LogP contribution in [0.5, 0.6) is 0 Å². The minimum atomic E-state index is -1.03. The predicted octanol–water partition coefficient (Wildman–Crippen LogP) is 2.90. The molecule has 0 aliphatic rings. The van der Waals surface area contributed by atoms with Gasteiger partial charge in [0.15, 0.2) is 0 Å². The number of hydrogen-bond donors (Lipinski definition) is 2. The Bertz CT molecular complexity index is 412. The second-order valence-electron chi connectivity index (χ2n) is 3.49. The number of ether oxygens (including phenoxy) is 1. The molecule has 0 fully saturated rings. The Morgan fingerprint density at radius 3 is 2.65 bits per heavy atom. The minimum absolute atomic E-state index is 0.316. The SMILES string of the molecule is CCC(OC(N)=O)C(O)c1ccc(Cl)cc1Cl. The van der Waals surface area contributed by atoms with Crippen molar-refractivity contribution in [1.82, 2.24) is 0 Å². The fourth-order valence-corrected chi connectivity index (χ4v) is 1.98. The second-order valence-corrected chi connectivity index (χ2v) is 4.34. The number of halogens is 2. The molecule has 0 bridgehead atoms. The Balaban J connectivity index is 2.93. The van der Waals surface area contributed by atoms with E-state index in [1.807, 2.05) is 0 Å². The summed E-state index contributed by atoms with van der Waals surface area (Å²) in [4.78, 5) is 10.7. The number of carbonyl (C=O) groups excluding carboxylic acids is 1. The number of aliphatic hydroxyl groups excluding tert-OH is 1. The zero-order valence-electron chi connectivity index (χ0n) is 9.19. The largest absolute Gasteiger partial charge is 0.443 e. The summed E-state index contributed by atoms with van der Waals surface area (Å²) in [6.45, 7) is 1.76. The number of amides is 1. The van der Waals surface area contributed by atoms with Crippen molar-refractivity contribution >= 4 is 29.3 Å². The highest BCUT2D eigenvalue weighted by atomic mass is 35.5. The van der Waals surface area contributed by atoms with Gasteiger partial charge in [0.25, 0.3) is 0 Å². The molecule has 1 aromatic carbocycles. The lowest BCUT2D eigenvalue weighted by molar-refractivity contribution is 0.00341. The van der Waals surface area contributed by atoms with Crippen molar-refractivity contribution in [2.24, 2.45) is 5.73 Å². The van der Waals surface area contributed by atoms with Crippen molar-refractivity contribution in [3.63, 3.8) is 0 Å². The molecule has 0 heterocycles. The lowest BCUT2D eigenvalue weighted by Crippen LogP contribution is -2.28. The quantitative estimate of drug-likeness (QED) is 0.889. The van der Waals surface area contributed by atoms with E-state index in [1.54, 1.807) is 19.1 Å². The summed E-state index contributed by atoms with van der Waals surface area (Å²) in [6.07, 6.45) is -2.27. The number of primary amides is 1. The van der Waals surface area contributed by atoms with E-state index in [0.717, 1.165) is 0 Å². The van der Waals surface area contributed by atoms with Crippen molar-refractivity contribution in [1.29, 1.82) is 0 Å². The Morgan fingerprint density at radius 2 is 2.18 bits per heavy atom. The van der Waals surface area contributed by atoms with Gasteiger partial charge in [-0.2, -0.15) is 0 Å². The first-order chi connectivity index (χ1) is 7.95. The fourth-order valence-electron chi connectivity index (χ4n) is 1.46. The monoisotopic (exact) mass is 277 g/mol. The topological polar surface area (TPSA) is 72.5 Å². The van der Waals surface area contributed by atoms with Crippen LogP contribution in [-0.4, -0.2) is 17.3 Å². The van der Waals surface area contributed by atoms with Crippen molar-refractivity contribution < 1.29 is 14.6 Å². The lowest BCUT2D eigenvalue weighted by atomic mass is 10.0. The van der Waals surface area contributed by atoms with Gasteiger partial charge in [-0.25, -0.2) is 4.79 Å². The van der Waals surface area contributed by atoms with Crippen LogP contribution >= 0.6 is 23.2 Å². The molecule has 2 atom stereocenters. The molecule has 94 valence electrons. The number of carbonyl (C=O) groups is 1. The highest BCUT2D eigenvalue weighted by molar-refractivity contribution is 6.35. The van der Waals surface area contributed by atoms with Crippen LogP contribution in [0.2, 0.25) is 10.0 Å². The zero-order chi connectivity index (χ0) is 13.0. The van der Waals surface area contributed by atoms with E-state index >= 15 is 0 Å². The molecule has 0 aliphatic heterocycles. The molecule has 1 rings (SSSR count). The fraction of sp³-hybridized carbons (Fsp3) is 0.364. The lowest BCUT2D eigenvalue weighted by Gasteiger charge is -2.22. The summed E-state index contributed by atoms with van der Waals surface area (Å²) in [5.41, 5.74) is 5.37. The molecule has 2 unspecified atom stereocenters. The molecule has 0 saturated carbocycles.